The minimum Gasteiger partial charge on any atom is -0.370 e. The Morgan fingerprint density at radius 1 is 1.56 bits per heavy atom. The van der Waals surface area contributed by atoms with Gasteiger partial charge in [-0.3, -0.25) is 0 Å². The summed E-state index contributed by atoms with van der Waals surface area (Å²) in [4.78, 5) is 8.70. The summed E-state index contributed by atoms with van der Waals surface area (Å²) in [6.45, 7) is 7.93. The molecule has 1 heterocycles. The summed E-state index contributed by atoms with van der Waals surface area (Å²) in [5.41, 5.74) is 6.76. The van der Waals surface area contributed by atoms with Crippen molar-refractivity contribution in [1.29, 1.82) is 0 Å². The normalized spacial score (nSPS) is 11.4. The minimum atomic E-state index is 0. The summed E-state index contributed by atoms with van der Waals surface area (Å²) in [5, 5.41) is 6.31. The first-order valence-electron chi connectivity index (χ1n) is 6.08. The maximum Gasteiger partial charge on any atom is 0.188 e. The summed E-state index contributed by atoms with van der Waals surface area (Å²) in [5.74, 6) is 1.19. The van der Waals surface area contributed by atoms with Gasteiger partial charge in [0.25, 0.3) is 0 Å². The van der Waals surface area contributed by atoms with Gasteiger partial charge in [0.1, 0.15) is 0 Å². The molecule has 0 aliphatic rings. The lowest BCUT2D eigenvalue weighted by Gasteiger charge is -2.06. The van der Waals surface area contributed by atoms with E-state index in [0.717, 1.165) is 30.1 Å². The van der Waals surface area contributed by atoms with Gasteiger partial charge in [0.15, 0.2) is 5.96 Å². The molecule has 6 heteroatoms. The van der Waals surface area contributed by atoms with Crippen molar-refractivity contribution in [2.75, 3.05) is 6.54 Å². The second kappa shape index (κ2) is 9.55. The number of nitrogens with two attached hydrogens (primary N) is 1. The summed E-state index contributed by atoms with van der Waals surface area (Å²) in [6.07, 6.45) is 2.09. The van der Waals surface area contributed by atoms with Crippen LogP contribution < -0.4 is 11.1 Å². The molecule has 0 unspecified atom stereocenters. The minimum absolute atomic E-state index is 0. The van der Waals surface area contributed by atoms with E-state index in [4.69, 9.17) is 5.73 Å². The van der Waals surface area contributed by atoms with Crippen molar-refractivity contribution in [2.24, 2.45) is 16.6 Å². The van der Waals surface area contributed by atoms with Crippen molar-refractivity contribution >= 4 is 41.3 Å². The zero-order chi connectivity index (χ0) is 12.7. The molecule has 0 atom stereocenters. The van der Waals surface area contributed by atoms with E-state index in [1.807, 2.05) is 5.38 Å². The first-order chi connectivity index (χ1) is 8.11. The van der Waals surface area contributed by atoms with Gasteiger partial charge >= 0.3 is 0 Å². The molecule has 0 amide bonds. The Morgan fingerprint density at radius 3 is 2.83 bits per heavy atom. The average molecular weight is 382 g/mol. The molecule has 18 heavy (non-hydrogen) atoms. The Kier molecular flexibility index (Phi) is 9.35. The van der Waals surface area contributed by atoms with E-state index in [0.29, 0.717) is 18.4 Å². The third kappa shape index (κ3) is 7.15. The van der Waals surface area contributed by atoms with Gasteiger partial charge in [-0.25, -0.2) is 9.98 Å². The van der Waals surface area contributed by atoms with Crippen LogP contribution in [0.5, 0.6) is 0 Å². The van der Waals surface area contributed by atoms with Crippen molar-refractivity contribution in [3.63, 3.8) is 0 Å². The molecule has 0 aliphatic heterocycles. The number of nitrogens with one attached hydrogen (secondary N) is 1. The third-order valence-electron chi connectivity index (χ3n) is 2.34. The highest BCUT2D eigenvalue weighted by Gasteiger charge is 1.99. The molecule has 0 aromatic carbocycles. The highest BCUT2D eigenvalue weighted by molar-refractivity contribution is 14.0. The van der Waals surface area contributed by atoms with Crippen LogP contribution in [0.25, 0.3) is 0 Å². The topological polar surface area (TPSA) is 63.3 Å². The van der Waals surface area contributed by atoms with E-state index in [-0.39, 0.29) is 24.0 Å². The van der Waals surface area contributed by atoms with Gasteiger partial charge in [-0.2, -0.15) is 0 Å². The monoisotopic (exact) mass is 382 g/mol. The number of rotatable bonds is 6. The smallest absolute Gasteiger partial charge is 0.188 e. The van der Waals surface area contributed by atoms with Crippen LogP contribution in [-0.2, 0) is 13.0 Å². The van der Waals surface area contributed by atoms with Gasteiger partial charge < -0.3 is 11.1 Å². The summed E-state index contributed by atoms with van der Waals surface area (Å²) in [6, 6.07) is 0. The van der Waals surface area contributed by atoms with Crippen molar-refractivity contribution in [1.82, 2.24) is 10.3 Å². The van der Waals surface area contributed by atoms with E-state index < -0.39 is 0 Å². The third-order valence-corrected chi connectivity index (χ3v) is 3.38. The number of thiazole rings is 1. The number of guanidine groups is 1. The fraction of sp³-hybridized carbons (Fsp3) is 0.667. The van der Waals surface area contributed by atoms with Crippen LogP contribution in [0.3, 0.4) is 0 Å². The van der Waals surface area contributed by atoms with E-state index in [1.165, 1.54) is 0 Å². The average Bonchev–Trinajstić information content (AvgIpc) is 2.73. The lowest BCUT2D eigenvalue weighted by atomic mass is 10.1. The van der Waals surface area contributed by atoms with Crippen LogP contribution in [0, 0.1) is 5.92 Å². The Balaban J connectivity index is 0.00000289. The molecular weight excluding hydrogens is 359 g/mol. The largest absolute Gasteiger partial charge is 0.370 e. The Hall–Kier alpha value is -0.370. The lowest BCUT2D eigenvalue weighted by molar-refractivity contribution is 0.576. The molecule has 1 aromatic rings. The zero-order valence-corrected chi connectivity index (χ0v) is 14.4. The molecule has 0 aliphatic carbocycles. The van der Waals surface area contributed by atoms with Crippen molar-refractivity contribution in [3.8, 4) is 0 Å². The van der Waals surface area contributed by atoms with Gasteiger partial charge in [0.05, 0.1) is 17.2 Å². The highest BCUT2D eigenvalue weighted by Crippen LogP contribution is 2.10. The van der Waals surface area contributed by atoms with Crippen LogP contribution in [0.4, 0.5) is 0 Å². The van der Waals surface area contributed by atoms with Crippen LogP contribution >= 0.6 is 35.3 Å². The van der Waals surface area contributed by atoms with Crippen molar-refractivity contribution < 1.29 is 0 Å². The van der Waals surface area contributed by atoms with Crippen LogP contribution in [0.15, 0.2) is 10.4 Å². The quantitative estimate of drug-likeness (QED) is 0.452. The van der Waals surface area contributed by atoms with Crippen molar-refractivity contribution in [3.05, 3.63) is 16.1 Å². The van der Waals surface area contributed by atoms with E-state index in [1.54, 1.807) is 11.3 Å². The number of halogens is 1. The number of aryl methyl sites for hydroxylation is 1. The Morgan fingerprint density at radius 2 is 2.28 bits per heavy atom. The number of hydrogen-bond donors (Lipinski definition) is 2. The molecule has 0 spiro atoms. The van der Waals surface area contributed by atoms with E-state index in [9.17, 15) is 0 Å². The molecule has 1 rings (SSSR count). The number of aromatic nitrogens is 1. The molecule has 4 nitrogen and oxygen atoms in total. The molecular formula is C12H23IN4S. The fourth-order valence-corrected chi connectivity index (χ4v) is 2.03. The molecule has 0 bridgehead atoms. The highest BCUT2D eigenvalue weighted by atomic mass is 127. The van der Waals surface area contributed by atoms with Gasteiger partial charge in [-0.15, -0.1) is 35.3 Å². The van der Waals surface area contributed by atoms with Crippen LogP contribution in [0.1, 0.15) is 37.9 Å². The standard InChI is InChI=1S/C12H22N4S.HI/c1-4-11-16-10(8-17-11)7-15-12(13)14-6-5-9(2)3;/h8-9H,4-7H2,1-3H3,(H3,13,14,15);1H. The summed E-state index contributed by atoms with van der Waals surface area (Å²) in [7, 11) is 0. The van der Waals surface area contributed by atoms with Gasteiger partial charge in [-0.05, 0) is 18.8 Å². The zero-order valence-electron chi connectivity index (χ0n) is 11.3. The van der Waals surface area contributed by atoms with Crippen LogP contribution in [-0.4, -0.2) is 17.5 Å². The molecule has 0 saturated heterocycles. The molecule has 0 saturated carbocycles. The molecule has 0 radical (unpaired) electrons. The SMILES string of the molecule is CCc1nc(CN=C(N)NCCC(C)C)cs1.I. The molecule has 1 aromatic heterocycles. The Bertz CT molecular complexity index is 363. The Labute approximate surface area is 131 Å². The first-order valence-corrected chi connectivity index (χ1v) is 6.96. The maximum absolute atomic E-state index is 5.76. The van der Waals surface area contributed by atoms with Gasteiger partial charge in [0, 0.05) is 11.9 Å². The number of nitrogens with zero attached hydrogens (tertiary/aromatic N) is 2. The second-order valence-electron chi connectivity index (χ2n) is 4.40. The molecule has 3 N–H and O–H groups in total. The van der Waals surface area contributed by atoms with Gasteiger partial charge in [0.2, 0.25) is 0 Å². The summed E-state index contributed by atoms with van der Waals surface area (Å²) >= 11 is 1.68. The first kappa shape index (κ1) is 17.6. The fourth-order valence-electron chi connectivity index (χ4n) is 1.29. The lowest BCUT2D eigenvalue weighted by Crippen LogP contribution is -2.32. The predicted molar refractivity (Wildman–Crippen MR) is 89.7 cm³/mol. The maximum atomic E-state index is 5.76. The molecule has 104 valence electrons. The van der Waals surface area contributed by atoms with E-state index >= 15 is 0 Å². The second-order valence-corrected chi connectivity index (χ2v) is 5.34. The van der Waals surface area contributed by atoms with E-state index in [2.05, 4.69) is 36.1 Å². The molecule has 0 fully saturated rings. The summed E-state index contributed by atoms with van der Waals surface area (Å²) < 4.78 is 0. The van der Waals surface area contributed by atoms with Gasteiger partial charge in [-0.1, -0.05) is 20.8 Å². The number of hydrogen-bond acceptors (Lipinski definition) is 3. The van der Waals surface area contributed by atoms with Crippen molar-refractivity contribution in [2.45, 2.75) is 40.2 Å². The van der Waals surface area contributed by atoms with Crippen LogP contribution in [0.2, 0.25) is 0 Å². The number of aliphatic imine (C=N–C) groups is 1. The predicted octanol–water partition coefficient (Wildman–Crippen LogP) is 2.77.